The van der Waals surface area contributed by atoms with E-state index in [0.717, 1.165) is 59.7 Å². The third-order valence-electron chi connectivity index (χ3n) is 4.74. The van der Waals surface area contributed by atoms with Crippen molar-refractivity contribution in [3.05, 3.63) is 29.7 Å². The molecule has 1 saturated carbocycles. The number of nitrogens with two attached hydrogens (primary N) is 1. The molecule has 0 radical (unpaired) electrons. The molecule has 2 aromatic heterocycles. The van der Waals surface area contributed by atoms with Crippen LogP contribution in [0.5, 0.6) is 0 Å². The van der Waals surface area contributed by atoms with E-state index < -0.39 is 0 Å². The molecule has 0 bridgehead atoms. The van der Waals surface area contributed by atoms with Crippen LogP contribution in [0.4, 0.5) is 5.82 Å². The SMILES string of the molecule is NC1CCCC(NC(=O)C2=CN(c3ncnc4[nH]ccc34)CCS2)C1. The first-order valence-electron chi connectivity index (χ1n) is 8.66. The zero-order valence-electron chi connectivity index (χ0n) is 13.9. The van der Waals surface area contributed by atoms with Crippen molar-refractivity contribution in [1.29, 1.82) is 0 Å². The summed E-state index contributed by atoms with van der Waals surface area (Å²) in [5.74, 6) is 1.67. The Morgan fingerprint density at radius 1 is 1.40 bits per heavy atom. The third kappa shape index (κ3) is 3.50. The molecular formula is C17H22N6OS. The van der Waals surface area contributed by atoms with Crippen molar-refractivity contribution in [1.82, 2.24) is 20.3 Å². The Bertz CT molecular complexity index is 803. The minimum absolute atomic E-state index is 0.00633. The van der Waals surface area contributed by atoms with Gasteiger partial charge in [-0.2, -0.15) is 0 Å². The first kappa shape index (κ1) is 16.4. The molecule has 0 saturated heterocycles. The first-order chi connectivity index (χ1) is 12.2. The van der Waals surface area contributed by atoms with Crippen molar-refractivity contribution in [2.45, 2.75) is 37.8 Å². The first-order valence-corrected chi connectivity index (χ1v) is 9.65. The van der Waals surface area contributed by atoms with Gasteiger partial charge in [-0.1, -0.05) is 0 Å². The highest BCUT2D eigenvalue weighted by atomic mass is 32.2. The van der Waals surface area contributed by atoms with Gasteiger partial charge in [0, 0.05) is 36.8 Å². The Labute approximate surface area is 150 Å². The van der Waals surface area contributed by atoms with Crippen LogP contribution >= 0.6 is 11.8 Å². The second-order valence-corrected chi connectivity index (χ2v) is 7.71. The summed E-state index contributed by atoms with van der Waals surface area (Å²) in [6.07, 6.45) is 9.31. The summed E-state index contributed by atoms with van der Waals surface area (Å²) in [5.41, 5.74) is 6.83. The lowest BCUT2D eigenvalue weighted by Gasteiger charge is -2.29. The highest BCUT2D eigenvalue weighted by Gasteiger charge is 2.25. The van der Waals surface area contributed by atoms with E-state index in [1.165, 1.54) is 0 Å². The van der Waals surface area contributed by atoms with Crippen LogP contribution in [0, 0.1) is 0 Å². The Balaban J connectivity index is 1.52. The van der Waals surface area contributed by atoms with Crippen molar-refractivity contribution >= 4 is 34.5 Å². The summed E-state index contributed by atoms with van der Waals surface area (Å²) in [4.78, 5) is 27.2. The van der Waals surface area contributed by atoms with Crippen molar-refractivity contribution in [2.24, 2.45) is 5.73 Å². The van der Waals surface area contributed by atoms with Gasteiger partial charge in [-0.3, -0.25) is 4.79 Å². The van der Waals surface area contributed by atoms with Crippen LogP contribution in [0.25, 0.3) is 11.0 Å². The molecule has 1 fully saturated rings. The van der Waals surface area contributed by atoms with E-state index in [1.54, 1.807) is 18.1 Å². The van der Waals surface area contributed by atoms with Crippen LogP contribution in [-0.4, -0.2) is 45.2 Å². The smallest absolute Gasteiger partial charge is 0.259 e. The number of thioether (sulfide) groups is 1. The quantitative estimate of drug-likeness (QED) is 0.773. The fourth-order valence-electron chi connectivity index (χ4n) is 3.49. The largest absolute Gasteiger partial charge is 0.349 e. The predicted octanol–water partition coefficient (Wildman–Crippen LogP) is 1.74. The van der Waals surface area contributed by atoms with Crippen molar-refractivity contribution < 1.29 is 4.79 Å². The van der Waals surface area contributed by atoms with Crippen LogP contribution in [-0.2, 0) is 4.79 Å². The van der Waals surface area contributed by atoms with E-state index in [9.17, 15) is 4.79 Å². The lowest BCUT2D eigenvalue weighted by molar-refractivity contribution is -0.117. The maximum atomic E-state index is 12.7. The molecule has 2 atom stereocenters. The minimum atomic E-state index is -0.00633. The topological polar surface area (TPSA) is 99.9 Å². The van der Waals surface area contributed by atoms with Crippen LogP contribution in [0.3, 0.4) is 0 Å². The molecule has 25 heavy (non-hydrogen) atoms. The lowest BCUT2D eigenvalue weighted by atomic mass is 9.91. The number of hydrogen-bond acceptors (Lipinski definition) is 6. The molecule has 0 aromatic carbocycles. The summed E-state index contributed by atoms with van der Waals surface area (Å²) >= 11 is 1.59. The standard InChI is InChI=1S/C17H22N6OS/c18-11-2-1-3-12(8-11)22-17(24)14-9-23(6-7-25-14)16-13-4-5-19-15(13)20-10-21-16/h4-5,9-12H,1-3,6-8,18H2,(H,22,24)(H,19,20,21). The van der Waals surface area contributed by atoms with Gasteiger partial charge >= 0.3 is 0 Å². The highest BCUT2D eigenvalue weighted by Crippen LogP contribution is 2.29. The second kappa shape index (κ2) is 7.05. The number of H-pyrrole nitrogens is 1. The number of aromatic nitrogens is 3. The van der Waals surface area contributed by atoms with Gasteiger partial charge in [-0.25, -0.2) is 9.97 Å². The number of anilines is 1. The number of carbonyl (C=O) groups excluding carboxylic acids is 1. The molecule has 1 aliphatic heterocycles. The van der Waals surface area contributed by atoms with Gasteiger partial charge in [0.15, 0.2) is 0 Å². The molecule has 4 rings (SSSR count). The fraction of sp³-hybridized carbons (Fsp3) is 0.471. The number of fused-ring (bicyclic) bond motifs is 1. The second-order valence-electron chi connectivity index (χ2n) is 6.57. The van der Waals surface area contributed by atoms with Crippen LogP contribution < -0.4 is 16.0 Å². The number of nitrogens with one attached hydrogen (secondary N) is 2. The monoisotopic (exact) mass is 358 g/mol. The normalized spacial score (nSPS) is 24.2. The van der Waals surface area contributed by atoms with Gasteiger partial charge in [-0.05, 0) is 31.7 Å². The molecule has 1 amide bonds. The van der Waals surface area contributed by atoms with E-state index in [0.29, 0.717) is 0 Å². The lowest BCUT2D eigenvalue weighted by Crippen LogP contribution is -2.43. The number of amides is 1. The maximum Gasteiger partial charge on any atom is 0.259 e. The number of aromatic amines is 1. The maximum absolute atomic E-state index is 12.7. The molecular weight excluding hydrogens is 336 g/mol. The molecule has 2 aromatic rings. The van der Waals surface area contributed by atoms with Gasteiger partial charge in [0.25, 0.3) is 5.91 Å². The van der Waals surface area contributed by atoms with Gasteiger partial charge in [-0.15, -0.1) is 11.8 Å². The summed E-state index contributed by atoms with van der Waals surface area (Å²) in [7, 11) is 0. The summed E-state index contributed by atoms with van der Waals surface area (Å²) < 4.78 is 0. The Morgan fingerprint density at radius 3 is 3.20 bits per heavy atom. The van der Waals surface area contributed by atoms with Crippen molar-refractivity contribution in [2.75, 3.05) is 17.2 Å². The zero-order chi connectivity index (χ0) is 17.2. The molecule has 1 aliphatic carbocycles. The Morgan fingerprint density at radius 2 is 2.32 bits per heavy atom. The number of rotatable bonds is 3. The van der Waals surface area contributed by atoms with Gasteiger partial charge in [0.05, 0.1) is 10.3 Å². The van der Waals surface area contributed by atoms with E-state index in [2.05, 4.69) is 20.3 Å². The minimum Gasteiger partial charge on any atom is -0.349 e. The molecule has 132 valence electrons. The van der Waals surface area contributed by atoms with Gasteiger partial charge in [0.1, 0.15) is 17.8 Å². The molecule has 7 nitrogen and oxygen atoms in total. The number of hydrogen-bond donors (Lipinski definition) is 3. The van der Waals surface area contributed by atoms with Crippen LogP contribution in [0.2, 0.25) is 0 Å². The van der Waals surface area contributed by atoms with Crippen molar-refractivity contribution in [3.8, 4) is 0 Å². The van der Waals surface area contributed by atoms with Gasteiger partial charge < -0.3 is 20.9 Å². The highest BCUT2D eigenvalue weighted by molar-refractivity contribution is 8.04. The zero-order valence-corrected chi connectivity index (χ0v) is 14.8. The number of carbonyl (C=O) groups is 1. The summed E-state index contributed by atoms with van der Waals surface area (Å²) in [5, 5.41) is 4.11. The van der Waals surface area contributed by atoms with Crippen LogP contribution in [0.15, 0.2) is 29.7 Å². The molecule has 8 heteroatoms. The fourth-order valence-corrected chi connectivity index (χ4v) is 4.39. The van der Waals surface area contributed by atoms with Crippen LogP contribution in [0.1, 0.15) is 25.7 Å². The predicted molar refractivity (Wildman–Crippen MR) is 100 cm³/mol. The van der Waals surface area contributed by atoms with E-state index >= 15 is 0 Å². The van der Waals surface area contributed by atoms with E-state index in [4.69, 9.17) is 5.73 Å². The molecule has 0 spiro atoms. The molecule has 2 unspecified atom stereocenters. The summed E-state index contributed by atoms with van der Waals surface area (Å²) in [6, 6.07) is 2.35. The number of nitrogens with zero attached hydrogens (tertiary/aromatic N) is 3. The molecule has 2 aliphatic rings. The van der Waals surface area contributed by atoms with E-state index in [1.807, 2.05) is 23.4 Å². The van der Waals surface area contributed by atoms with Crippen molar-refractivity contribution in [3.63, 3.8) is 0 Å². The molecule has 3 heterocycles. The Kier molecular flexibility index (Phi) is 4.63. The molecule has 4 N–H and O–H groups in total. The van der Waals surface area contributed by atoms with E-state index in [-0.39, 0.29) is 18.0 Å². The summed E-state index contributed by atoms with van der Waals surface area (Å²) in [6.45, 7) is 0.813. The average Bonchev–Trinajstić information content (AvgIpc) is 3.10. The third-order valence-corrected chi connectivity index (χ3v) is 5.73. The average molecular weight is 358 g/mol. The van der Waals surface area contributed by atoms with Gasteiger partial charge in [0.2, 0.25) is 0 Å². The Hall–Kier alpha value is -2.06.